The van der Waals surface area contributed by atoms with Crippen LogP contribution in [0.5, 0.6) is 17.2 Å². The Hall–Kier alpha value is -3.02. The number of phenolic OH excluding ortho intramolecular Hbond substituents is 1. The number of aryl methyl sites for hydroxylation is 1. The van der Waals surface area contributed by atoms with Crippen LogP contribution in [0.4, 0.5) is 0 Å². The highest BCUT2D eigenvalue weighted by Gasteiger charge is 2.21. The van der Waals surface area contributed by atoms with Gasteiger partial charge in [-0.05, 0) is 67.6 Å². The van der Waals surface area contributed by atoms with E-state index in [0.717, 1.165) is 35.3 Å². The second-order valence-corrected chi connectivity index (χ2v) is 6.17. The molecule has 0 fully saturated rings. The van der Waals surface area contributed by atoms with Crippen molar-refractivity contribution in [1.29, 1.82) is 0 Å². The summed E-state index contributed by atoms with van der Waals surface area (Å²) in [6.07, 6.45) is 2.56. The van der Waals surface area contributed by atoms with Gasteiger partial charge in [0.25, 0.3) is 5.91 Å². The van der Waals surface area contributed by atoms with Crippen LogP contribution in [-0.2, 0) is 11.2 Å². The molecule has 0 atom stereocenters. The molecule has 0 bridgehead atoms. The molecule has 0 spiro atoms. The molecule has 0 heterocycles. The third-order valence-corrected chi connectivity index (χ3v) is 4.40. The lowest BCUT2D eigenvalue weighted by Crippen LogP contribution is -2.27. The molecular weight excluding hydrogens is 332 g/mol. The molecule has 3 rings (SSSR count). The van der Waals surface area contributed by atoms with E-state index in [1.54, 1.807) is 37.4 Å². The van der Waals surface area contributed by atoms with E-state index in [0.29, 0.717) is 17.9 Å². The van der Waals surface area contributed by atoms with Gasteiger partial charge in [-0.15, -0.1) is 0 Å². The van der Waals surface area contributed by atoms with Crippen molar-refractivity contribution in [2.75, 3.05) is 13.7 Å². The van der Waals surface area contributed by atoms with Crippen molar-refractivity contribution in [3.63, 3.8) is 0 Å². The molecule has 6 nitrogen and oxygen atoms in total. The van der Waals surface area contributed by atoms with Gasteiger partial charge in [0, 0.05) is 5.56 Å². The van der Waals surface area contributed by atoms with Crippen LogP contribution in [0.2, 0.25) is 0 Å². The molecule has 0 aliphatic heterocycles. The average molecular weight is 354 g/mol. The van der Waals surface area contributed by atoms with Crippen LogP contribution in [0.15, 0.2) is 41.5 Å². The third-order valence-electron chi connectivity index (χ3n) is 4.40. The smallest absolute Gasteiger partial charge is 0.277 e. The number of benzene rings is 2. The highest BCUT2D eigenvalue weighted by atomic mass is 16.5. The van der Waals surface area contributed by atoms with Crippen LogP contribution in [0.25, 0.3) is 0 Å². The van der Waals surface area contributed by atoms with Crippen molar-refractivity contribution in [2.45, 2.75) is 26.2 Å². The fourth-order valence-electron chi connectivity index (χ4n) is 3.04. The van der Waals surface area contributed by atoms with E-state index in [1.807, 2.05) is 13.0 Å². The predicted molar refractivity (Wildman–Crippen MR) is 99.0 cm³/mol. The number of ether oxygens (including phenoxy) is 2. The van der Waals surface area contributed by atoms with Crippen LogP contribution < -0.4 is 14.9 Å². The number of rotatable bonds is 5. The maximum absolute atomic E-state index is 12.0. The second kappa shape index (κ2) is 7.91. The molecule has 136 valence electrons. The van der Waals surface area contributed by atoms with Gasteiger partial charge in [-0.1, -0.05) is 6.07 Å². The Bertz CT molecular complexity index is 828. The fourth-order valence-corrected chi connectivity index (χ4v) is 3.04. The van der Waals surface area contributed by atoms with Crippen LogP contribution in [-0.4, -0.2) is 30.4 Å². The minimum absolute atomic E-state index is 0.143. The number of aromatic hydroxyl groups is 1. The zero-order chi connectivity index (χ0) is 18.5. The maximum Gasteiger partial charge on any atom is 0.277 e. The first-order valence-corrected chi connectivity index (χ1v) is 8.52. The summed E-state index contributed by atoms with van der Waals surface area (Å²) in [4.78, 5) is 12.0. The summed E-state index contributed by atoms with van der Waals surface area (Å²) < 4.78 is 10.5. The molecular formula is C20H22N2O4. The molecule has 1 amide bonds. The number of nitrogens with zero attached hydrogens (tertiary/aromatic N) is 1. The summed E-state index contributed by atoms with van der Waals surface area (Å²) in [5.74, 6) is 1.14. The third kappa shape index (κ3) is 3.96. The Balaban J connectivity index is 1.63. The van der Waals surface area contributed by atoms with Crippen molar-refractivity contribution in [1.82, 2.24) is 5.43 Å². The fraction of sp³-hybridized carbons (Fsp3) is 0.300. The van der Waals surface area contributed by atoms with E-state index in [-0.39, 0.29) is 18.3 Å². The Kier molecular flexibility index (Phi) is 5.41. The topological polar surface area (TPSA) is 80.2 Å². The summed E-state index contributed by atoms with van der Waals surface area (Å²) >= 11 is 0. The molecule has 0 unspecified atom stereocenters. The summed E-state index contributed by atoms with van der Waals surface area (Å²) in [5.41, 5.74) is 6.18. The van der Waals surface area contributed by atoms with Gasteiger partial charge in [0.1, 0.15) is 17.2 Å². The van der Waals surface area contributed by atoms with E-state index in [9.17, 15) is 9.90 Å². The number of fused-ring (bicyclic) bond motifs is 1. The van der Waals surface area contributed by atoms with Gasteiger partial charge < -0.3 is 14.6 Å². The van der Waals surface area contributed by atoms with Crippen LogP contribution >= 0.6 is 0 Å². The highest BCUT2D eigenvalue weighted by molar-refractivity contribution is 6.05. The molecule has 2 N–H and O–H groups in total. The van der Waals surface area contributed by atoms with Gasteiger partial charge in [0.2, 0.25) is 0 Å². The largest absolute Gasteiger partial charge is 0.507 e. The monoisotopic (exact) mass is 354 g/mol. The van der Waals surface area contributed by atoms with Crippen LogP contribution in [0.1, 0.15) is 29.5 Å². The molecule has 2 aromatic rings. The Morgan fingerprint density at radius 3 is 2.62 bits per heavy atom. The minimum atomic E-state index is -0.354. The van der Waals surface area contributed by atoms with Crippen LogP contribution in [0, 0.1) is 6.92 Å². The summed E-state index contributed by atoms with van der Waals surface area (Å²) in [6.45, 7) is 1.87. The summed E-state index contributed by atoms with van der Waals surface area (Å²) in [5, 5.41) is 14.4. The van der Waals surface area contributed by atoms with E-state index < -0.39 is 0 Å². The average Bonchev–Trinajstić information content (AvgIpc) is 2.68. The molecule has 0 saturated heterocycles. The lowest BCUT2D eigenvalue weighted by atomic mass is 9.86. The molecule has 1 aliphatic rings. The first-order valence-electron chi connectivity index (χ1n) is 8.52. The Labute approximate surface area is 152 Å². The van der Waals surface area contributed by atoms with Crippen molar-refractivity contribution in [2.24, 2.45) is 5.10 Å². The number of amides is 1. The van der Waals surface area contributed by atoms with Gasteiger partial charge in [0.05, 0.1) is 12.8 Å². The number of carbonyl (C=O) groups is 1. The van der Waals surface area contributed by atoms with E-state index in [4.69, 9.17) is 9.47 Å². The standard InChI is InChI=1S/C20H22N2O4/c1-13-6-11-18(23)20-16(13)4-3-5-17(20)21-22-19(24)12-26-15-9-7-14(25-2)8-10-15/h6-11,23H,3-5,12H2,1-2H3,(H,22,24)/b21-17+. The Morgan fingerprint density at radius 1 is 1.15 bits per heavy atom. The number of nitrogens with one attached hydrogen (secondary N) is 1. The number of hydrogen-bond donors (Lipinski definition) is 2. The van der Waals surface area contributed by atoms with E-state index in [1.165, 1.54) is 0 Å². The van der Waals surface area contributed by atoms with Gasteiger partial charge in [-0.25, -0.2) is 5.43 Å². The molecule has 0 saturated carbocycles. The van der Waals surface area contributed by atoms with Crippen molar-refractivity contribution >= 4 is 11.6 Å². The van der Waals surface area contributed by atoms with E-state index in [2.05, 4.69) is 10.5 Å². The lowest BCUT2D eigenvalue weighted by Gasteiger charge is -2.21. The zero-order valence-corrected chi connectivity index (χ0v) is 14.9. The minimum Gasteiger partial charge on any atom is -0.507 e. The highest BCUT2D eigenvalue weighted by Crippen LogP contribution is 2.31. The molecule has 26 heavy (non-hydrogen) atoms. The normalized spacial score (nSPS) is 14.6. The molecule has 2 aromatic carbocycles. The van der Waals surface area contributed by atoms with Gasteiger partial charge >= 0.3 is 0 Å². The number of carbonyl (C=O) groups excluding carboxylic acids is 1. The molecule has 0 aromatic heterocycles. The van der Waals surface area contributed by atoms with Crippen LogP contribution in [0.3, 0.4) is 0 Å². The first-order chi connectivity index (χ1) is 12.6. The second-order valence-electron chi connectivity index (χ2n) is 6.17. The molecule has 6 heteroatoms. The van der Waals surface area contributed by atoms with Gasteiger partial charge in [-0.3, -0.25) is 4.79 Å². The zero-order valence-electron chi connectivity index (χ0n) is 14.9. The Morgan fingerprint density at radius 2 is 1.88 bits per heavy atom. The SMILES string of the molecule is COc1ccc(OCC(=O)N/N=C2\CCCc3c(C)ccc(O)c32)cc1. The van der Waals surface area contributed by atoms with Crippen molar-refractivity contribution in [3.05, 3.63) is 53.1 Å². The quantitative estimate of drug-likeness (QED) is 0.809. The first kappa shape index (κ1) is 17.8. The van der Waals surface area contributed by atoms with Gasteiger partial charge in [0.15, 0.2) is 6.61 Å². The molecule has 1 aliphatic carbocycles. The number of hydrazone groups is 1. The van der Waals surface area contributed by atoms with Crippen molar-refractivity contribution < 1.29 is 19.4 Å². The van der Waals surface area contributed by atoms with Gasteiger partial charge in [-0.2, -0.15) is 5.10 Å². The van der Waals surface area contributed by atoms with Crippen molar-refractivity contribution in [3.8, 4) is 17.2 Å². The number of hydrogen-bond acceptors (Lipinski definition) is 5. The predicted octanol–water partition coefficient (Wildman–Crippen LogP) is 2.94. The molecule has 0 radical (unpaired) electrons. The summed E-state index contributed by atoms with van der Waals surface area (Å²) in [6, 6.07) is 10.6. The summed E-state index contributed by atoms with van der Waals surface area (Å²) in [7, 11) is 1.59. The number of phenols is 1. The maximum atomic E-state index is 12.0. The van der Waals surface area contributed by atoms with E-state index >= 15 is 0 Å². The number of methoxy groups -OCH3 is 1. The lowest BCUT2D eigenvalue weighted by molar-refractivity contribution is -0.123.